The van der Waals surface area contributed by atoms with Gasteiger partial charge in [-0.3, -0.25) is 9.59 Å². The standard InChI is InChI=1S/C12H15FN2O2/c1-14-12(17)8-15-11(16)6-5-9-3-2-4-10(13)7-9/h2-4,7H,5-6,8H2,1H3,(H,14,17)(H,15,16). The van der Waals surface area contributed by atoms with Gasteiger partial charge in [-0.25, -0.2) is 4.39 Å². The van der Waals surface area contributed by atoms with Gasteiger partial charge in [0.2, 0.25) is 11.8 Å². The number of carbonyl (C=O) groups excluding carboxylic acids is 2. The number of aryl methyl sites for hydroxylation is 1. The maximum absolute atomic E-state index is 12.8. The summed E-state index contributed by atoms with van der Waals surface area (Å²) < 4.78 is 12.8. The molecule has 0 bridgehead atoms. The fourth-order valence-corrected chi connectivity index (χ4v) is 1.31. The number of nitrogens with one attached hydrogen (secondary N) is 2. The van der Waals surface area contributed by atoms with Gasteiger partial charge in [-0.2, -0.15) is 0 Å². The van der Waals surface area contributed by atoms with Gasteiger partial charge in [0.15, 0.2) is 0 Å². The van der Waals surface area contributed by atoms with E-state index in [1.54, 1.807) is 12.1 Å². The van der Waals surface area contributed by atoms with Gasteiger partial charge in [0.05, 0.1) is 6.54 Å². The van der Waals surface area contributed by atoms with E-state index in [1.807, 2.05) is 0 Å². The van der Waals surface area contributed by atoms with Crippen LogP contribution in [0.5, 0.6) is 0 Å². The van der Waals surface area contributed by atoms with Crippen molar-refractivity contribution in [2.24, 2.45) is 0 Å². The zero-order valence-corrected chi connectivity index (χ0v) is 9.63. The molecule has 0 aromatic heterocycles. The van der Waals surface area contributed by atoms with Gasteiger partial charge < -0.3 is 10.6 Å². The topological polar surface area (TPSA) is 58.2 Å². The minimum atomic E-state index is -0.312. The second-order valence-corrected chi connectivity index (χ2v) is 3.58. The lowest BCUT2D eigenvalue weighted by Crippen LogP contribution is -2.35. The molecule has 0 aliphatic carbocycles. The van der Waals surface area contributed by atoms with Crippen molar-refractivity contribution >= 4 is 11.8 Å². The van der Waals surface area contributed by atoms with Crippen molar-refractivity contribution in [2.45, 2.75) is 12.8 Å². The number of hydrogen-bond acceptors (Lipinski definition) is 2. The minimum absolute atomic E-state index is 0.0293. The highest BCUT2D eigenvalue weighted by molar-refractivity contribution is 5.84. The van der Waals surface area contributed by atoms with Crippen molar-refractivity contribution in [1.29, 1.82) is 0 Å². The molecule has 17 heavy (non-hydrogen) atoms. The highest BCUT2D eigenvalue weighted by Gasteiger charge is 2.04. The van der Waals surface area contributed by atoms with Crippen LogP contribution in [0.15, 0.2) is 24.3 Å². The van der Waals surface area contributed by atoms with E-state index in [-0.39, 0.29) is 30.6 Å². The molecule has 1 aromatic carbocycles. The Morgan fingerprint density at radius 2 is 2.06 bits per heavy atom. The van der Waals surface area contributed by atoms with E-state index in [2.05, 4.69) is 10.6 Å². The fourth-order valence-electron chi connectivity index (χ4n) is 1.31. The summed E-state index contributed by atoms with van der Waals surface area (Å²) in [7, 11) is 1.50. The molecule has 0 aliphatic rings. The average molecular weight is 238 g/mol. The van der Waals surface area contributed by atoms with Crippen molar-refractivity contribution in [3.05, 3.63) is 35.6 Å². The van der Waals surface area contributed by atoms with Crippen LogP contribution in [0.4, 0.5) is 4.39 Å². The summed E-state index contributed by atoms with van der Waals surface area (Å²) in [6.45, 7) is -0.0293. The van der Waals surface area contributed by atoms with E-state index in [1.165, 1.54) is 19.2 Å². The summed E-state index contributed by atoms with van der Waals surface area (Å²) >= 11 is 0. The Bertz CT molecular complexity index is 407. The van der Waals surface area contributed by atoms with E-state index in [0.717, 1.165) is 5.56 Å². The van der Waals surface area contributed by atoms with Gasteiger partial charge in [-0.05, 0) is 24.1 Å². The highest BCUT2D eigenvalue weighted by atomic mass is 19.1. The predicted octanol–water partition coefficient (Wildman–Crippen LogP) is 0.620. The van der Waals surface area contributed by atoms with Crippen LogP contribution in [0.2, 0.25) is 0 Å². The van der Waals surface area contributed by atoms with Crippen LogP contribution >= 0.6 is 0 Å². The Balaban J connectivity index is 2.31. The van der Waals surface area contributed by atoms with Crippen molar-refractivity contribution in [1.82, 2.24) is 10.6 Å². The number of carbonyl (C=O) groups is 2. The van der Waals surface area contributed by atoms with Crippen molar-refractivity contribution in [3.8, 4) is 0 Å². The third-order valence-corrected chi connectivity index (χ3v) is 2.25. The molecule has 5 heteroatoms. The van der Waals surface area contributed by atoms with Gasteiger partial charge in [0.1, 0.15) is 5.82 Å². The normalized spacial score (nSPS) is 9.76. The maximum atomic E-state index is 12.8. The minimum Gasteiger partial charge on any atom is -0.358 e. The van der Waals surface area contributed by atoms with Gasteiger partial charge in [0, 0.05) is 13.5 Å². The summed E-state index contributed by atoms with van der Waals surface area (Å²) in [5, 5.41) is 4.87. The molecule has 0 spiro atoms. The molecule has 0 atom stereocenters. The van der Waals surface area contributed by atoms with E-state index < -0.39 is 0 Å². The Morgan fingerprint density at radius 3 is 2.71 bits per heavy atom. The maximum Gasteiger partial charge on any atom is 0.239 e. The second-order valence-electron chi connectivity index (χ2n) is 3.58. The summed E-state index contributed by atoms with van der Waals surface area (Å²) in [6, 6.07) is 6.11. The molecule has 0 saturated heterocycles. The Hall–Kier alpha value is -1.91. The predicted molar refractivity (Wildman–Crippen MR) is 61.8 cm³/mol. The molecule has 0 saturated carbocycles. The smallest absolute Gasteiger partial charge is 0.239 e. The number of halogens is 1. The largest absolute Gasteiger partial charge is 0.358 e. The van der Waals surface area contributed by atoms with Gasteiger partial charge in [-0.1, -0.05) is 12.1 Å². The lowest BCUT2D eigenvalue weighted by Gasteiger charge is -2.04. The molecular weight excluding hydrogens is 223 g/mol. The quantitative estimate of drug-likeness (QED) is 0.790. The first-order valence-electron chi connectivity index (χ1n) is 5.33. The third kappa shape index (κ3) is 5.10. The van der Waals surface area contributed by atoms with Crippen molar-refractivity contribution in [2.75, 3.05) is 13.6 Å². The first-order valence-corrected chi connectivity index (χ1v) is 5.33. The van der Waals surface area contributed by atoms with Gasteiger partial charge in [-0.15, -0.1) is 0 Å². The molecule has 0 unspecified atom stereocenters. The third-order valence-electron chi connectivity index (χ3n) is 2.25. The first-order chi connectivity index (χ1) is 8.11. The van der Waals surface area contributed by atoms with Gasteiger partial charge >= 0.3 is 0 Å². The number of benzene rings is 1. The Labute approximate surface area is 99.2 Å². The van der Waals surface area contributed by atoms with Gasteiger partial charge in [0.25, 0.3) is 0 Å². The molecule has 1 aromatic rings. The van der Waals surface area contributed by atoms with Crippen LogP contribution in [-0.2, 0) is 16.0 Å². The zero-order valence-electron chi connectivity index (χ0n) is 9.63. The first kappa shape index (κ1) is 13.2. The average Bonchev–Trinajstić information content (AvgIpc) is 2.33. The number of rotatable bonds is 5. The molecule has 0 aliphatic heterocycles. The molecule has 0 fully saturated rings. The SMILES string of the molecule is CNC(=O)CNC(=O)CCc1cccc(F)c1. The molecule has 4 nitrogen and oxygen atoms in total. The lowest BCUT2D eigenvalue weighted by molar-refractivity contribution is -0.125. The Morgan fingerprint density at radius 1 is 1.29 bits per heavy atom. The lowest BCUT2D eigenvalue weighted by atomic mass is 10.1. The van der Waals surface area contributed by atoms with E-state index in [9.17, 15) is 14.0 Å². The molecule has 0 heterocycles. The summed E-state index contributed by atoms with van der Waals surface area (Å²) in [5.74, 6) is -0.782. The number of likely N-dealkylation sites (N-methyl/N-ethyl adjacent to an activating group) is 1. The molecule has 2 N–H and O–H groups in total. The van der Waals surface area contributed by atoms with E-state index in [4.69, 9.17) is 0 Å². The molecule has 1 rings (SSSR count). The van der Waals surface area contributed by atoms with E-state index >= 15 is 0 Å². The van der Waals surface area contributed by atoms with Crippen LogP contribution in [0.1, 0.15) is 12.0 Å². The molecular formula is C12H15FN2O2. The Kier molecular flexibility index (Phi) is 5.13. The van der Waals surface area contributed by atoms with Crippen LogP contribution in [-0.4, -0.2) is 25.4 Å². The zero-order chi connectivity index (χ0) is 12.7. The second kappa shape index (κ2) is 6.62. The molecule has 92 valence electrons. The number of amides is 2. The fraction of sp³-hybridized carbons (Fsp3) is 0.333. The molecule has 2 amide bonds. The van der Waals surface area contributed by atoms with Crippen molar-refractivity contribution in [3.63, 3.8) is 0 Å². The highest BCUT2D eigenvalue weighted by Crippen LogP contribution is 2.05. The number of hydrogen-bond donors (Lipinski definition) is 2. The van der Waals surface area contributed by atoms with Crippen molar-refractivity contribution < 1.29 is 14.0 Å². The van der Waals surface area contributed by atoms with Crippen LogP contribution in [0, 0.1) is 5.82 Å². The van der Waals surface area contributed by atoms with Crippen LogP contribution < -0.4 is 10.6 Å². The van der Waals surface area contributed by atoms with Crippen LogP contribution in [0.3, 0.4) is 0 Å². The summed E-state index contributed by atoms with van der Waals surface area (Å²) in [4.78, 5) is 22.2. The summed E-state index contributed by atoms with van der Waals surface area (Å²) in [5.41, 5.74) is 0.764. The van der Waals surface area contributed by atoms with Crippen LogP contribution in [0.25, 0.3) is 0 Å². The monoisotopic (exact) mass is 238 g/mol. The summed E-state index contributed by atoms with van der Waals surface area (Å²) in [6.07, 6.45) is 0.692. The molecule has 0 radical (unpaired) electrons. The van der Waals surface area contributed by atoms with E-state index in [0.29, 0.717) is 6.42 Å².